The highest BCUT2D eigenvalue weighted by Gasteiger charge is 2.13. The van der Waals surface area contributed by atoms with Crippen LogP contribution in [0, 0.1) is 13.8 Å². The van der Waals surface area contributed by atoms with Crippen molar-refractivity contribution in [1.29, 1.82) is 0 Å². The minimum Gasteiger partial charge on any atom is -0.398 e. The van der Waals surface area contributed by atoms with Crippen molar-refractivity contribution in [2.75, 3.05) is 5.73 Å². The maximum Gasteiger partial charge on any atom is 0.0588 e. The first-order valence-electron chi connectivity index (χ1n) is 5.48. The van der Waals surface area contributed by atoms with Gasteiger partial charge in [-0.1, -0.05) is 0 Å². The number of pyridine rings is 2. The lowest BCUT2D eigenvalue weighted by Crippen LogP contribution is -2.15. The van der Waals surface area contributed by atoms with E-state index in [1.807, 2.05) is 26.0 Å². The molecule has 2 heterocycles. The first kappa shape index (κ1) is 11.5. The molecule has 0 amide bonds. The predicted molar refractivity (Wildman–Crippen MR) is 68.4 cm³/mol. The molecule has 88 valence electrons. The van der Waals surface area contributed by atoms with E-state index in [0.717, 1.165) is 22.5 Å². The van der Waals surface area contributed by atoms with Crippen LogP contribution in [0.4, 0.5) is 5.69 Å². The summed E-state index contributed by atoms with van der Waals surface area (Å²) in [5.41, 5.74) is 16.5. The Morgan fingerprint density at radius 2 is 1.82 bits per heavy atom. The van der Waals surface area contributed by atoms with Crippen molar-refractivity contribution in [3.8, 4) is 0 Å². The van der Waals surface area contributed by atoms with Crippen LogP contribution in [0.2, 0.25) is 0 Å². The number of nitrogens with two attached hydrogens (primary N) is 2. The van der Waals surface area contributed by atoms with Crippen LogP contribution < -0.4 is 11.5 Å². The fourth-order valence-corrected chi connectivity index (χ4v) is 1.90. The minimum absolute atomic E-state index is 0.260. The monoisotopic (exact) mass is 228 g/mol. The normalized spacial score (nSPS) is 12.4. The van der Waals surface area contributed by atoms with Crippen molar-refractivity contribution in [1.82, 2.24) is 9.97 Å². The van der Waals surface area contributed by atoms with Gasteiger partial charge in [-0.05, 0) is 37.6 Å². The number of hydrogen-bond acceptors (Lipinski definition) is 4. The molecule has 0 bridgehead atoms. The lowest BCUT2D eigenvalue weighted by Gasteiger charge is -2.15. The van der Waals surface area contributed by atoms with Crippen LogP contribution in [-0.2, 0) is 0 Å². The maximum atomic E-state index is 6.21. The topological polar surface area (TPSA) is 77.8 Å². The number of aromatic nitrogens is 2. The van der Waals surface area contributed by atoms with E-state index in [0.29, 0.717) is 5.69 Å². The largest absolute Gasteiger partial charge is 0.398 e. The Morgan fingerprint density at radius 3 is 2.41 bits per heavy atom. The summed E-state index contributed by atoms with van der Waals surface area (Å²) in [6.45, 7) is 3.91. The Balaban J connectivity index is 2.43. The zero-order valence-corrected chi connectivity index (χ0v) is 10.0. The lowest BCUT2D eigenvalue weighted by molar-refractivity contribution is 0.855. The van der Waals surface area contributed by atoms with Gasteiger partial charge in [0, 0.05) is 35.0 Å². The zero-order chi connectivity index (χ0) is 12.4. The Bertz CT molecular complexity index is 516. The van der Waals surface area contributed by atoms with Gasteiger partial charge in [0.05, 0.1) is 6.04 Å². The molecule has 4 N–H and O–H groups in total. The first-order valence-corrected chi connectivity index (χ1v) is 5.48. The van der Waals surface area contributed by atoms with Crippen LogP contribution in [0.1, 0.15) is 28.6 Å². The fourth-order valence-electron chi connectivity index (χ4n) is 1.90. The summed E-state index contributed by atoms with van der Waals surface area (Å²) in [5, 5.41) is 0. The molecule has 0 aliphatic heterocycles. The number of rotatable bonds is 2. The second-order valence-corrected chi connectivity index (χ2v) is 4.17. The van der Waals surface area contributed by atoms with Gasteiger partial charge in [-0.15, -0.1) is 0 Å². The van der Waals surface area contributed by atoms with Crippen LogP contribution in [-0.4, -0.2) is 9.97 Å². The van der Waals surface area contributed by atoms with Crippen molar-refractivity contribution in [3.05, 3.63) is 53.1 Å². The minimum atomic E-state index is -0.260. The molecule has 0 aromatic carbocycles. The molecule has 0 saturated carbocycles. The summed E-state index contributed by atoms with van der Waals surface area (Å²) < 4.78 is 0. The van der Waals surface area contributed by atoms with Gasteiger partial charge in [0.2, 0.25) is 0 Å². The van der Waals surface area contributed by atoms with E-state index in [-0.39, 0.29) is 6.04 Å². The smallest absolute Gasteiger partial charge is 0.0588 e. The standard InChI is InChI=1S/C13H16N4/c1-8-5-10(6-9(2)17-8)13(15)11-7-16-4-3-12(11)14/h3-7,13H,15H2,1-2H3,(H2,14,16). The van der Waals surface area contributed by atoms with Crippen molar-refractivity contribution >= 4 is 5.69 Å². The van der Waals surface area contributed by atoms with E-state index in [1.54, 1.807) is 18.5 Å². The third-order valence-corrected chi connectivity index (χ3v) is 2.69. The summed E-state index contributed by atoms with van der Waals surface area (Å²) in [6, 6.07) is 5.45. The van der Waals surface area contributed by atoms with Gasteiger partial charge in [-0.25, -0.2) is 0 Å². The highest BCUT2D eigenvalue weighted by atomic mass is 14.7. The van der Waals surface area contributed by atoms with Crippen LogP contribution in [0.15, 0.2) is 30.6 Å². The number of anilines is 1. The van der Waals surface area contributed by atoms with Crippen molar-refractivity contribution in [3.63, 3.8) is 0 Å². The molecule has 1 atom stereocenters. The quantitative estimate of drug-likeness (QED) is 0.820. The molecular weight excluding hydrogens is 212 g/mol. The molecule has 0 spiro atoms. The summed E-state index contributed by atoms with van der Waals surface area (Å²) in [6.07, 6.45) is 3.37. The van der Waals surface area contributed by atoms with Gasteiger partial charge in [0.25, 0.3) is 0 Å². The Kier molecular flexibility index (Phi) is 3.06. The summed E-state index contributed by atoms with van der Waals surface area (Å²) in [5.74, 6) is 0. The number of aryl methyl sites for hydroxylation is 2. The molecule has 2 aromatic rings. The molecule has 0 aliphatic rings. The molecule has 2 aromatic heterocycles. The average molecular weight is 228 g/mol. The number of nitrogen functional groups attached to an aromatic ring is 1. The van der Waals surface area contributed by atoms with Crippen molar-refractivity contribution in [2.45, 2.75) is 19.9 Å². The van der Waals surface area contributed by atoms with E-state index in [2.05, 4.69) is 9.97 Å². The summed E-state index contributed by atoms with van der Waals surface area (Å²) >= 11 is 0. The molecule has 17 heavy (non-hydrogen) atoms. The zero-order valence-electron chi connectivity index (χ0n) is 10.0. The van der Waals surface area contributed by atoms with Crippen LogP contribution in [0.25, 0.3) is 0 Å². The average Bonchev–Trinajstić information content (AvgIpc) is 2.27. The molecule has 4 heteroatoms. The second-order valence-electron chi connectivity index (χ2n) is 4.17. The van der Waals surface area contributed by atoms with Crippen molar-refractivity contribution < 1.29 is 0 Å². The Morgan fingerprint density at radius 1 is 1.18 bits per heavy atom. The van der Waals surface area contributed by atoms with E-state index in [4.69, 9.17) is 11.5 Å². The van der Waals surface area contributed by atoms with Crippen LogP contribution in [0.3, 0.4) is 0 Å². The van der Waals surface area contributed by atoms with E-state index < -0.39 is 0 Å². The molecular formula is C13H16N4. The van der Waals surface area contributed by atoms with E-state index in [1.165, 1.54) is 0 Å². The molecule has 4 nitrogen and oxygen atoms in total. The van der Waals surface area contributed by atoms with Gasteiger partial charge >= 0.3 is 0 Å². The van der Waals surface area contributed by atoms with Gasteiger partial charge in [-0.3, -0.25) is 9.97 Å². The Hall–Kier alpha value is -1.94. The molecule has 0 saturated heterocycles. The van der Waals surface area contributed by atoms with Gasteiger partial charge in [-0.2, -0.15) is 0 Å². The third-order valence-electron chi connectivity index (χ3n) is 2.69. The van der Waals surface area contributed by atoms with E-state index in [9.17, 15) is 0 Å². The van der Waals surface area contributed by atoms with Gasteiger partial charge in [0.1, 0.15) is 0 Å². The molecule has 1 unspecified atom stereocenters. The highest BCUT2D eigenvalue weighted by molar-refractivity contribution is 5.49. The lowest BCUT2D eigenvalue weighted by atomic mass is 9.99. The fraction of sp³-hybridized carbons (Fsp3) is 0.231. The third kappa shape index (κ3) is 2.42. The second kappa shape index (κ2) is 4.51. The molecule has 0 fully saturated rings. The van der Waals surface area contributed by atoms with Crippen molar-refractivity contribution in [2.24, 2.45) is 5.73 Å². The number of hydrogen-bond donors (Lipinski definition) is 2. The molecule has 2 rings (SSSR count). The maximum absolute atomic E-state index is 6.21. The van der Waals surface area contributed by atoms with Crippen LogP contribution in [0.5, 0.6) is 0 Å². The summed E-state index contributed by atoms with van der Waals surface area (Å²) in [7, 11) is 0. The first-order chi connectivity index (χ1) is 8.08. The molecule has 0 aliphatic carbocycles. The van der Waals surface area contributed by atoms with Crippen LogP contribution >= 0.6 is 0 Å². The van der Waals surface area contributed by atoms with Gasteiger partial charge in [0.15, 0.2) is 0 Å². The van der Waals surface area contributed by atoms with Gasteiger partial charge < -0.3 is 11.5 Å². The number of nitrogens with zero attached hydrogens (tertiary/aromatic N) is 2. The van der Waals surface area contributed by atoms with E-state index >= 15 is 0 Å². The highest BCUT2D eigenvalue weighted by Crippen LogP contribution is 2.24. The molecule has 0 radical (unpaired) electrons. The Labute approximate surface area is 101 Å². The summed E-state index contributed by atoms with van der Waals surface area (Å²) in [4.78, 5) is 8.39. The predicted octanol–water partition coefficient (Wildman–Crippen LogP) is 1.72. The SMILES string of the molecule is Cc1cc(C(N)c2cnccc2N)cc(C)n1.